The molecule has 0 aliphatic heterocycles. The van der Waals surface area contributed by atoms with Crippen LogP contribution in [0.1, 0.15) is 73.8 Å². The number of hydrogen-bond donors (Lipinski definition) is 1. The summed E-state index contributed by atoms with van der Waals surface area (Å²) >= 11 is 0. The van der Waals surface area contributed by atoms with Crippen molar-refractivity contribution >= 4 is 14.9 Å². The van der Waals surface area contributed by atoms with Gasteiger partial charge in [-0.2, -0.15) is 0 Å². The van der Waals surface area contributed by atoms with Gasteiger partial charge in [0, 0.05) is 32.4 Å². The normalized spacial score (nSPS) is 12.5. The van der Waals surface area contributed by atoms with Gasteiger partial charge >= 0.3 is 14.9 Å². The first-order chi connectivity index (χ1) is 16.0. The van der Waals surface area contributed by atoms with Crippen LogP contribution in [0.2, 0.25) is 6.04 Å². The molecule has 1 amide bonds. The van der Waals surface area contributed by atoms with Gasteiger partial charge in [0.15, 0.2) is 0 Å². The van der Waals surface area contributed by atoms with Gasteiger partial charge in [0.05, 0.1) is 0 Å². The van der Waals surface area contributed by atoms with Crippen LogP contribution in [0.3, 0.4) is 0 Å². The van der Waals surface area contributed by atoms with Crippen molar-refractivity contribution in [3.05, 3.63) is 29.8 Å². The van der Waals surface area contributed by atoms with E-state index in [2.05, 4.69) is 52.1 Å². The SMILES string of the molecule is CCO[Si](CCCNC(=O)OCCOc1ccc(C(C)(C)CC(C)(C)C)cc1)(OCC)OCC. The first kappa shape index (κ1) is 30.4. The van der Waals surface area contributed by atoms with Crippen molar-refractivity contribution in [3.8, 4) is 5.75 Å². The van der Waals surface area contributed by atoms with Gasteiger partial charge in [0.1, 0.15) is 19.0 Å². The Bertz CT molecular complexity index is 685. The number of hydrogen-bond acceptors (Lipinski definition) is 6. The van der Waals surface area contributed by atoms with E-state index in [4.69, 9.17) is 22.8 Å². The van der Waals surface area contributed by atoms with Crippen LogP contribution >= 0.6 is 0 Å². The minimum atomic E-state index is -2.68. The zero-order valence-electron chi connectivity index (χ0n) is 22.6. The van der Waals surface area contributed by atoms with Crippen LogP contribution in [-0.4, -0.2) is 54.5 Å². The van der Waals surface area contributed by atoms with Gasteiger partial charge in [-0.25, -0.2) is 4.79 Å². The number of amides is 1. The fourth-order valence-corrected chi connectivity index (χ4v) is 6.88. The van der Waals surface area contributed by atoms with Gasteiger partial charge in [-0.3, -0.25) is 0 Å². The highest BCUT2D eigenvalue weighted by Crippen LogP contribution is 2.36. The Morgan fingerprint density at radius 3 is 1.94 bits per heavy atom. The molecule has 0 aliphatic rings. The molecule has 8 heteroatoms. The Morgan fingerprint density at radius 2 is 1.44 bits per heavy atom. The molecule has 1 aromatic carbocycles. The summed E-state index contributed by atoms with van der Waals surface area (Å²) in [7, 11) is -2.68. The smallest absolute Gasteiger partial charge is 0.490 e. The zero-order chi connectivity index (χ0) is 25.7. The van der Waals surface area contributed by atoms with E-state index in [9.17, 15) is 4.79 Å². The fourth-order valence-electron chi connectivity index (χ4n) is 4.27. The Morgan fingerprint density at radius 1 is 0.882 bits per heavy atom. The summed E-state index contributed by atoms with van der Waals surface area (Å²) in [4.78, 5) is 12.0. The second-order valence-electron chi connectivity index (χ2n) is 10.1. The maximum atomic E-state index is 12.0. The molecule has 34 heavy (non-hydrogen) atoms. The molecule has 1 rings (SSSR count). The van der Waals surface area contributed by atoms with Crippen molar-refractivity contribution < 1.29 is 27.5 Å². The van der Waals surface area contributed by atoms with E-state index >= 15 is 0 Å². The number of nitrogens with one attached hydrogen (secondary N) is 1. The summed E-state index contributed by atoms with van der Waals surface area (Å²) in [6, 6.07) is 8.83. The topological polar surface area (TPSA) is 75.3 Å². The summed E-state index contributed by atoms with van der Waals surface area (Å²) in [6.45, 7) is 19.7. The second kappa shape index (κ2) is 14.7. The monoisotopic (exact) mass is 497 g/mol. The molecule has 0 unspecified atom stereocenters. The van der Waals surface area contributed by atoms with Gasteiger partial charge < -0.3 is 28.1 Å². The summed E-state index contributed by atoms with van der Waals surface area (Å²) in [5.74, 6) is 0.767. The number of carbonyl (C=O) groups is 1. The van der Waals surface area contributed by atoms with Gasteiger partial charge in [0.2, 0.25) is 0 Å². The molecular weight excluding hydrogens is 450 g/mol. The standard InChI is InChI=1S/C26H47NO6Si/c1-9-31-34(32-10-2,33-11-3)20-12-17-27-24(28)30-19-18-29-23-15-13-22(14-16-23)26(7,8)21-25(4,5)6/h13-16H,9-12,17-21H2,1-8H3,(H,27,28). The van der Waals surface area contributed by atoms with E-state index in [0.717, 1.165) is 12.2 Å². The maximum absolute atomic E-state index is 12.0. The molecule has 196 valence electrons. The van der Waals surface area contributed by atoms with Crippen molar-refractivity contribution in [3.63, 3.8) is 0 Å². The summed E-state index contributed by atoms with van der Waals surface area (Å²) in [6.07, 6.45) is 1.32. The minimum Gasteiger partial charge on any atom is -0.490 e. The largest absolute Gasteiger partial charge is 0.500 e. The van der Waals surface area contributed by atoms with Crippen LogP contribution in [0.15, 0.2) is 24.3 Å². The van der Waals surface area contributed by atoms with Crippen LogP contribution in [-0.2, 0) is 23.4 Å². The molecule has 0 radical (unpaired) electrons. The van der Waals surface area contributed by atoms with Crippen molar-refractivity contribution in [1.29, 1.82) is 0 Å². The highest BCUT2D eigenvalue weighted by Gasteiger charge is 2.39. The van der Waals surface area contributed by atoms with E-state index < -0.39 is 14.9 Å². The lowest BCUT2D eigenvalue weighted by molar-refractivity contribution is 0.0706. The van der Waals surface area contributed by atoms with Gasteiger partial charge in [0.25, 0.3) is 0 Å². The molecular formula is C26H47NO6Si. The fraction of sp³-hybridized carbons (Fsp3) is 0.731. The molecule has 0 saturated heterocycles. The molecule has 0 saturated carbocycles. The van der Waals surface area contributed by atoms with E-state index in [1.165, 1.54) is 5.56 Å². The third-order valence-corrected chi connectivity index (χ3v) is 8.37. The van der Waals surface area contributed by atoms with Crippen LogP contribution in [0.4, 0.5) is 4.79 Å². The van der Waals surface area contributed by atoms with E-state index in [0.29, 0.717) is 45.4 Å². The van der Waals surface area contributed by atoms with Crippen LogP contribution < -0.4 is 10.1 Å². The van der Waals surface area contributed by atoms with Crippen molar-refractivity contribution in [2.24, 2.45) is 5.41 Å². The molecule has 1 N–H and O–H groups in total. The van der Waals surface area contributed by atoms with Gasteiger partial charge in [-0.05, 0) is 62.1 Å². The van der Waals surface area contributed by atoms with Crippen LogP contribution in [0.25, 0.3) is 0 Å². The molecule has 0 bridgehead atoms. The molecule has 0 fully saturated rings. The highest BCUT2D eigenvalue weighted by molar-refractivity contribution is 6.60. The summed E-state index contributed by atoms with van der Waals surface area (Å²) in [5.41, 5.74) is 1.64. The molecule has 7 nitrogen and oxygen atoms in total. The van der Waals surface area contributed by atoms with Crippen molar-refractivity contribution in [2.45, 2.75) is 79.7 Å². The van der Waals surface area contributed by atoms with Crippen molar-refractivity contribution in [2.75, 3.05) is 39.6 Å². The maximum Gasteiger partial charge on any atom is 0.500 e. The number of benzene rings is 1. The Hall–Kier alpha value is -1.61. The number of ether oxygens (including phenoxy) is 2. The third kappa shape index (κ3) is 11.7. The molecule has 1 aromatic rings. The Kier molecular flexibility index (Phi) is 13.2. The Balaban J connectivity index is 2.33. The van der Waals surface area contributed by atoms with Crippen molar-refractivity contribution in [1.82, 2.24) is 5.32 Å². The van der Waals surface area contributed by atoms with Crippen LogP contribution in [0.5, 0.6) is 5.75 Å². The third-order valence-electron chi connectivity index (χ3n) is 5.22. The lowest BCUT2D eigenvalue weighted by atomic mass is 9.72. The highest BCUT2D eigenvalue weighted by atomic mass is 28.4. The summed E-state index contributed by atoms with van der Waals surface area (Å²) in [5, 5.41) is 2.76. The second-order valence-corrected chi connectivity index (χ2v) is 12.9. The Labute approximate surface area is 208 Å². The first-order valence-electron chi connectivity index (χ1n) is 12.5. The summed E-state index contributed by atoms with van der Waals surface area (Å²) < 4.78 is 28.4. The quantitative estimate of drug-likeness (QED) is 0.225. The number of rotatable bonds is 16. The predicted octanol–water partition coefficient (Wildman–Crippen LogP) is 5.94. The first-order valence-corrected chi connectivity index (χ1v) is 14.5. The molecule has 0 aromatic heterocycles. The lowest BCUT2D eigenvalue weighted by Gasteiger charge is -2.33. The minimum absolute atomic E-state index is 0.0914. The molecule has 0 aliphatic carbocycles. The molecule has 0 heterocycles. The average Bonchev–Trinajstić information content (AvgIpc) is 2.74. The number of alkyl carbamates (subject to hydrolysis) is 1. The zero-order valence-corrected chi connectivity index (χ0v) is 23.6. The van der Waals surface area contributed by atoms with Gasteiger partial charge in [-0.1, -0.05) is 46.8 Å². The van der Waals surface area contributed by atoms with E-state index in [1.54, 1.807) is 0 Å². The van der Waals surface area contributed by atoms with E-state index in [-0.39, 0.29) is 17.4 Å². The van der Waals surface area contributed by atoms with Crippen LogP contribution in [0, 0.1) is 5.41 Å². The van der Waals surface area contributed by atoms with E-state index in [1.807, 2.05) is 32.9 Å². The lowest BCUT2D eigenvalue weighted by Crippen LogP contribution is -2.46. The predicted molar refractivity (Wildman–Crippen MR) is 138 cm³/mol. The number of carbonyl (C=O) groups excluding carboxylic acids is 1. The van der Waals surface area contributed by atoms with Gasteiger partial charge in [-0.15, -0.1) is 0 Å². The average molecular weight is 498 g/mol. The molecule has 0 atom stereocenters. The molecule has 0 spiro atoms.